The van der Waals surface area contributed by atoms with Crippen LogP contribution in [0.4, 0.5) is 0 Å². The number of allylic oxidation sites excluding steroid dienone is 1. The van der Waals surface area contributed by atoms with Crippen molar-refractivity contribution in [2.45, 2.75) is 52.4 Å². The van der Waals surface area contributed by atoms with Gasteiger partial charge in [-0.3, -0.25) is 4.79 Å². The molecule has 0 aromatic heterocycles. The van der Waals surface area contributed by atoms with Gasteiger partial charge in [-0.2, -0.15) is 0 Å². The van der Waals surface area contributed by atoms with E-state index in [0.29, 0.717) is 0 Å². The second-order valence-electron chi connectivity index (χ2n) is 9.15. The molecule has 0 radical (unpaired) electrons. The van der Waals surface area contributed by atoms with Crippen LogP contribution in [-0.4, -0.2) is 21.9 Å². The van der Waals surface area contributed by atoms with E-state index in [1.165, 1.54) is 10.4 Å². The zero-order valence-electron chi connectivity index (χ0n) is 17.3. The van der Waals surface area contributed by atoms with Crippen LogP contribution in [-0.2, 0) is 4.79 Å². The molecule has 2 aromatic carbocycles. The molecular weight excluding hydrogens is 348 g/mol. The molecule has 138 valence electrons. The van der Waals surface area contributed by atoms with Gasteiger partial charge in [0.25, 0.3) is 0 Å². The van der Waals surface area contributed by atoms with Crippen LogP contribution in [0.25, 0.3) is 0 Å². The van der Waals surface area contributed by atoms with Crippen molar-refractivity contribution in [3.05, 3.63) is 71.6 Å². The van der Waals surface area contributed by atoms with Crippen LogP contribution in [0.15, 0.2) is 71.6 Å². The Morgan fingerprint density at radius 1 is 0.808 bits per heavy atom. The highest BCUT2D eigenvalue weighted by molar-refractivity contribution is 7.09. The van der Waals surface area contributed by atoms with Crippen molar-refractivity contribution in [3.63, 3.8) is 0 Å². The van der Waals surface area contributed by atoms with E-state index in [1.807, 2.05) is 0 Å². The van der Waals surface area contributed by atoms with Gasteiger partial charge < -0.3 is 0 Å². The monoisotopic (exact) mass is 380 g/mol. The molecule has 0 aliphatic carbocycles. The topological polar surface area (TPSA) is 17.1 Å². The van der Waals surface area contributed by atoms with Gasteiger partial charge in [-0.05, 0) is 27.5 Å². The Balaban J connectivity index is 2.96. The van der Waals surface area contributed by atoms with E-state index >= 15 is 0 Å². The Kier molecular flexibility index (Phi) is 5.93. The standard InChI is InChI=1S/C23H32OSi2/c1-19(24)22(25(5,6)7)18-26(23(2,3)4,20-14-10-8-11-15-20)21-16-12-9-13-17-21/h8-18H,1-7H3/b22-18+. The van der Waals surface area contributed by atoms with E-state index < -0.39 is 16.1 Å². The number of ketones is 1. The van der Waals surface area contributed by atoms with Crippen molar-refractivity contribution in [3.8, 4) is 0 Å². The summed E-state index contributed by atoms with van der Waals surface area (Å²) in [6, 6.07) is 21.7. The van der Waals surface area contributed by atoms with E-state index in [4.69, 9.17) is 0 Å². The Bertz CT molecular complexity index is 739. The fourth-order valence-corrected chi connectivity index (χ4v) is 12.2. The number of Topliss-reactive ketones (excluding diaryl/α,β-unsaturated/α-hetero) is 1. The quantitative estimate of drug-likeness (QED) is 0.528. The Morgan fingerprint density at radius 2 is 1.19 bits per heavy atom. The highest BCUT2D eigenvalue weighted by Gasteiger charge is 2.47. The molecule has 0 aliphatic rings. The molecule has 2 aromatic rings. The summed E-state index contributed by atoms with van der Waals surface area (Å²) in [5, 5.41) is 3.86. The molecule has 0 bridgehead atoms. The molecule has 0 saturated heterocycles. The molecule has 0 amide bonds. The third-order valence-corrected chi connectivity index (χ3v) is 13.2. The van der Waals surface area contributed by atoms with Crippen LogP contribution >= 0.6 is 0 Å². The highest BCUT2D eigenvalue weighted by atomic mass is 28.3. The van der Waals surface area contributed by atoms with E-state index in [0.717, 1.165) is 5.20 Å². The average molecular weight is 381 g/mol. The summed E-state index contributed by atoms with van der Waals surface area (Å²) < 4.78 is 0. The molecule has 0 saturated carbocycles. The molecule has 0 unspecified atom stereocenters. The number of rotatable bonds is 5. The average Bonchev–Trinajstić information content (AvgIpc) is 2.54. The minimum atomic E-state index is -2.33. The Labute approximate surface area is 161 Å². The van der Waals surface area contributed by atoms with E-state index in [2.05, 4.69) is 107 Å². The highest BCUT2D eigenvalue weighted by Crippen LogP contribution is 2.38. The van der Waals surface area contributed by atoms with Crippen LogP contribution in [0.2, 0.25) is 24.7 Å². The Morgan fingerprint density at radius 3 is 1.46 bits per heavy atom. The van der Waals surface area contributed by atoms with Crippen molar-refractivity contribution in [2.24, 2.45) is 0 Å². The number of carbonyl (C=O) groups is 1. The lowest BCUT2D eigenvalue weighted by molar-refractivity contribution is -0.113. The third kappa shape index (κ3) is 3.99. The minimum absolute atomic E-state index is 0.0378. The van der Waals surface area contributed by atoms with E-state index in [9.17, 15) is 4.79 Å². The van der Waals surface area contributed by atoms with Crippen LogP contribution < -0.4 is 10.4 Å². The predicted octanol–water partition coefficient (Wildman–Crippen LogP) is 4.98. The van der Waals surface area contributed by atoms with E-state index in [1.54, 1.807) is 6.92 Å². The molecule has 2 rings (SSSR count). The number of hydrogen-bond acceptors (Lipinski definition) is 1. The lowest BCUT2D eigenvalue weighted by atomic mass is 10.2. The fraction of sp³-hybridized carbons (Fsp3) is 0.348. The Hall–Kier alpha value is -1.72. The van der Waals surface area contributed by atoms with Gasteiger partial charge in [-0.1, -0.05) is 107 Å². The van der Waals surface area contributed by atoms with Crippen molar-refractivity contribution in [2.75, 3.05) is 0 Å². The molecule has 0 aliphatic heterocycles. The summed E-state index contributed by atoms with van der Waals surface area (Å²) >= 11 is 0. The SMILES string of the molecule is CC(=O)/C(=C\[Si](c1ccccc1)(c1ccccc1)C(C)(C)C)[Si](C)(C)C. The maximum absolute atomic E-state index is 12.6. The minimum Gasteiger partial charge on any atom is -0.295 e. The second-order valence-corrected chi connectivity index (χ2v) is 18.8. The summed E-state index contributed by atoms with van der Waals surface area (Å²) in [5.74, 6) is 0.233. The summed E-state index contributed by atoms with van der Waals surface area (Å²) in [7, 11) is -4.09. The van der Waals surface area contributed by atoms with Gasteiger partial charge in [-0.25, -0.2) is 0 Å². The first kappa shape index (κ1) is 20.6. The number of carbonyl (C=O) groups excluding carboxylic acids is 1. The zero-order valence-corrected chi connectivity index (χ0v) is 19.3. The molecule has 0 spiro atoms. The molecule has 3 heteroatoms. The van der Waals surface area contributed by atoms with Crippen molar-refractivity contribution in [1.82, 2.24) is 0 Å². The maximum atomic E-state index is 12.6. The summed E-state index contributed by atoms with van der Waals surface area (Å²) in [4.78, 5) is 12.6. The van der Waals surface area contributed by atoms with Gasteiger partial charge in [0.1, 0.15) is 8.07 Å². The molecule has 26 heavy (non-hydrogen) atoms. The predicted molar refractivity (Wildman–Crippen MR) is 120 cm³/mol. The van der Waals surface area contributed by atoms with Crippen molar-refractivity contribution < 1.29 is 4.79 Å². The van der Waals surface area contributed by atoms with Gasteiger partial charge in [0, 0.05) is 0 Å². The van der Waals surface area contributed by atoms with Crippen LogP contribution in [0.1, 0.15) is 27.7 Å². The summed E-state index contributed by atoms with van der Waals surface area (Å²) in [6.07, 6.45) is 0. The first-order chi connectivity index (χ1) is 12.0. The second kappa shape index (κ2) is 7.49. The molecule has 1 nitrogen and oxygen atoms in total. The van der Waals surface area contributed by atoms with Gasteiger partial charge in [-0.15, -0.1) is 0 Å². The fourth-order valence-electron chi connectivity index (χ4n) is 3.88. The smallest absolute Gasteiger partial charge is 0.151 e. The lowest BCUT2D eigenvalue weighted by Gasteiger charge is -2.43. The molecule has 0 N–H and O–H groups in total. The summed E-state index contributed by atoms with van der Waals surface area (Å²) in [6.45, 7) is 15.6. The number of hydrogen-bond donors (Lipinski definition) is 0. The van der Waals surface area contributed by atoms with Gasteiger partial charge in [0.15, 0.2) is 5.78 Å². The third-order valence-electron chi connectivity index (χ3n) is 5.19. The zero-order chi connectivity index (χ0) is 19.6. The lowest BCUT2D eigenvalue weighted by Crippen LogP contribution is -2.64. The molecular formula is C23H32OSi2. The first-order valence-electron chi connectivity index (χ1n) is 9.35. The maximum Gasteiger partial charge on any atom is 0.151 e. The van der Waals surface area contributed by atoms with Crippen LogP contribution in [0.3, 0.4) is 0 Å². The first-order valence-corrected chi connectivity index (χ1v) is 14.9. The molecule has 0 heterocycles. The van der Waals surface area contributed by atoms with E-state index in [-0.39, 0.29) is 10.8 Å². The van der Waals surface area contributed by atoms with Crippen molar-refractivity contribution in [1.29, 1.82) is 0 Å². The normalized spacial score (nSPS) is 13.6. The number of benzene rings is 2. The van der Waals surface area contributed by atoms with Crippen LogP contribution in [0.5, 0.6) is 0 Å². The van der Waals surface area contributed by atoms with Crippen LogP contribution in [0, 0.1) is 0 Å². The van der Waals surface area contributed by atoms with Gasteiger partial charge >= 0.3 is 0 Å². The van der Waals surface area contributed by atoms with Gasteiger partial charge in [0.05, 0.1) is 8.07 Å². The summed E-state index contributed by atoms with van der Waals surface area (Å²) in [5.41, 5.74) is 2.44. The largest absolute Gasteiger partial charge is 0.295 e. The van der Waals surface area contributed by atoms with Crippen molar-refractivity contribution >= 4 is 32.3 Å². The molecule has 0 atom stereocenters. The molecule has 0 fully saturated rings. The van der Waals surface area contributed by atoms with Gasteiger partial charge in [0.2, 0.25) is 0 Å².